The first-order chi connectivity index (χ1) is 14.9. The molecule has 1 aliphatic rings. The Labute approximate surface area is 190 Å². The summed E-state index contributed by atoms with van der Waals surface area (Å²) in [6, 6.07) is 27.1. The van der Waals surface area contributed by atoms with Crippen molar-refractivity contribution in [2.24, 2.45) is 5.92 Å². The van der Waals surface area contributed by atoms with E-state index in [0.717, 1.165) is 9.52 Å². The second-order valence-corrected chi connectivity index (χ2v) is 10.5. The molecular weight excluding hydrogens is 388 g/mol. The third-order valence-corrected chi connectivity index (χ3v) is 8.40. The number of rotatable bonds is 5. The molecule has 0 bridgehead atoms. The third-order valence-electron chi connectivity index (χ3n) is 6.82. The first kappa shape index (κ1) is 21.6. The molecule has 0 nitrogen and oxygen atoms in total. The summed E-state index contributed by atoms with van der Waals surface area (Å²) in [7, 11) is 0.724. The van der Waals surface area contributed by atoms with E-state index >= 15 is 0 Å². The van der Waals surface area contributed by atoms with Crippen LogP contribution in [0.25, 0.3) is 5.57 Å². The standard InChI is InChI=1S/C30H32Si/c1-19-16-20(2)18-26(17-19)31-30(27-15-11-10-12-21(27)3)29-24(6)22(4)23(5)28(29)25-13-8-7-9-14-25/h7-18,29-30H,1-6H3. The quantitative estimate of drug-likeness (QED) is 0.385. The van der Waals surface area contributed by atoms with Crippen LogP contribution in [0.1, 0.15) is 54.1 Å². The third kappa shape index (κ3) is 4.25. The van der Waals surface area contributed by atoms with Crippen molar-refractivity contribution in [1.29, 1.82) is 0 Å². The summed E-state index contributed by atoms with van der Waals surface area (Å²) in [5.74, 6) is 0.405. The van der Waals surface area contributed by atoms with Gasteiger partial charge < -0.3 is 0 Å². The van der Waals surface area contributed by atoms with Crippen LogP contribution in [0, 0.1) is 26.7 Å². The summed E-state index contributed by atoms with van der Waals surface area (Å²) >= 11 is 0. The number of hydrogen-bond donors (Lipinski definition) is 0. The molecule has 2 unspecified atom stereocenters. The van der Waals surface area contributed by atoms with Crippen molar-refractivity contribution in [2.75, 3.05) is 0 Å². The maximum absolute atomic E-state index is 2.39. The summed E-state index contributed by atoms with van der Waals surface area (Å²) in [5.41, 5.74) is 13.4. The number of aryl methyl sites for hydroxylation is 3. The van der Waals surface area contributed by atoms with Crippen molar-refractivity contribution in [3.63, 3.8) is 0 Å². The summed E-state index contributed by atoms with van der Waals surface area (Å²) in [5, 5.41) is 1.47. The van der Waals surface area contributed by atoms with Gasteiger partial charge in [-0.3, -0.25) is 0 Å². The molecule has 3 aromatic rings. The topological polar surface area (TPSA) is 0 Å². The average Bonchev–Trinajstić information content (AvgIpc) is 2.96. The second-order valence-electron chi connectivity index (χ2n) is 9.05. The fourth-order valence-electron chi connectivity index (χ4n) is 5.13. The van der Waals surface area contributed by atoms with Crippen LogP contribution in [0.3, 0.4) is 0 Å². The molecule has 31 heavy (non-hydrogen) atoms. The maximum atomic E-state index is 2.39. The molecule has 1 aliphatic carbocycles. The summed E-state index contributed by atoms with van der Waals surface area (Å²) in [6.07, 6.45) is 0. The molecular formula is C30H32Si. The molecule has 0 spiro atoms. The SMILES string of the molecule is CC1=C(C)C(C([Si]c2cc(C)cc(C)c2)c2ccccc2C)C(c2ccccc2)=C1C. The fraction of sp³-hybridized carbons (Fsp3) is 0.267. The van der Waals surface area contributed by atoms with Gasteiger partial charge in [0.15, 0.2) is 0 Å². The highest BCUT2D eigenvalue weighted by Gasteiger charge is 2.36. The Balaban J connectivity index is 1.89. The van der Waals surface area contributed by atoms with Gasteiger partial charge in [0.2, 0.25) is 0 Å². The monoisotopic (exact) mass is 420 g/mol. The van der Waals surface area contributed by atoms with E-state index in [-0.39, 0.29) is 0 Å². The van der Waals surface area contributed by atoms with Gasteiger partial charge in [-0.25, -0.2) is 0 Å². The molecule has 0 amide bonds. The van der Waals surface area contributed by atoms with Crippen molar-refractivity contribution < 1.29 is 0 Å². The lowest BCUT2D eigenvalue weighted by Crippen LogP contribution is -2.29. The molecule has 2 radical (unpaired) electrons. The van der Waals surface area contributed by atoms with Crippen LogP contribution >= 0.6 is 0 Å². The molecule has 0 aromatic heterocycles. The molecule has 0 saturated heterocycles. The van der Waals surface area contributed by atoms with Crippen LogP contribution < -0.4 is 5.19 Å². The Morgan fingerprint density at radius 1 is 0.677 bits per heavy atom. The molecule has 0 fully saturated rings. The van der Waals surface area contributed by atoms with Gasteiger partial charge in [-0.05, 0) is 80.5 Å². The zero-order valence-corrected chi connectivity index (χ0v) is 20.6. The summed E-state index contributed by atoms with van der Waals surface area (Å²) < 4.78 is 0. The molecule has 0 saturated carbocycles. The van der Waals surface area contributed by atoms with Crippen LogP contribution in [0.15, 0.2) is 89.5 Å². The van der Waals surface area contributed by atoms with Crippen molar-refractivity contribution in [2.45, 2.75) is 47.1 Å². The lowest BCUT2D eigenvalue weighted by atomic mass is 9.83. The van der Waals surface area contributed by atoms with Gasteiger partial charge in [-0.2, -0.15) is 0 Å². The van der Waals surface area contributed by atoms with E-state index in [2.05, 4.69) is 114 Å². The largest absolute Gasteiger partial charge is 0.0901 e. The minimum absolute atomic E-state index is 0.405. The Bertz CT molecular complexity index is 1140. The highest BCUT2D eigenvalue weighted by atomic mass is 28.2. The highest BCUT2D eigenvalue weighted by molar-refractivity contribution is 6.55. The molecule has 2 atom stereocenters. The van der Waals surface area contributed by atoms with Crippen molar-refractivity contribution in [3.8, 4) is 0 Å². The lowest BCUT2D eigenvalue weighted by Gasteiger charge is -2.30. The molecule has 3 aromatic carbocycles. The highest BCUT2D eigenvalue weighted by Crippen LogP contribution is 2.49. The van der Waals surface area contributed by atoms with Gasteiger partial charge in [-0.15, -0.1) is 0 Å². The van der Waals surface area contributed by atoms with Crippen LogP contribution in [-0.2, 0) is 0 Å². The number of hydrogen-bond acceptors (Lipinski definition) is 0. The normalized spacial score (nSPS) is 17.4. The van der Waals surface area contributed by atoms with E-state index in [9.17, 15) is 0 Å². The molecule has 4 rings (SSSR count). The minimum atomic E-state index is 0.405. The number of benzene rings is 3. The Morgan fingerprint density at radius 3 is 1.94 bits per heavy atom. The fourth-order valence-corrected chi connectivity index (χ4v) is 7.17. The Hall–Kier alpha value is -2.64. The van der Waals surface area contributed by atoms with Crippen LogP contribution in [0.5, 0.6) is 0 Å². The van der Waals surface area contributed by atoms with Gasteiger partial charge in [0.1, 0.15) is 0 Å². The van der Waals surface area contributed by atoms with E-state index in [1.165, 1.54) is 55.3 Å². The summed E-state index contributed by atoms with van der Waals surface area (Å²) in [6.45, 7) is 13.7. The van der Waals surface area contributed by atoms with Crippen LogP contribution in [0.2, 0.25) is 0 Å². The zero-order chi connectivity index (χ0) is 22.1. The first-order valence-electron chi connectivity index (χ1n) is 11.2. The van der Waals surface area contributed by atoms with E-state index in [1.807, 2.05) is 0 Å². The van der Waals surface area contributed by atoms with E-state index in [1.54, 1.807) is 0 Å². The van der Waals surface area contributed by atoms with Gasteiger partial charge >= 0.3 is 0 Å². The second kappa shape index (κ2) is 8.84. The summed E-state index contributed by atoms with van der Waals surface area (Å²) in [4.78, 5) is 0. The lowest BCUT2D eigenvalue weighted by molar-refractivity contribution is 0.740. The first-order valence-corrected chi connectivity index (χ1v) is 12.3. The Kier molecular flexibility index (Phi) is 6.16. The van der Waals surface area contributed by atoms with Gasteiger partial charge in [0.05, 0.1) is 9.52 Å². The predicted molar refractivity (Wildman–Crippen MR) is 136 cm³/mol. The Morgan fingerprint density at radius 2 is 1.29 bits per heavy atom. The zero-order valence-electron chi connectivity index (χ0n) is 19.6. The van der Waals surface area contributed by atoms with Crippen LogP contribution in [0.4, 0.5) is 0 Å². The van der Waals surface area contributed by atoms with Crippen molar-refractivity contribution in [3.05, 3.63) is 117 Å². The van der Waals surface area contributed by atoms with E-state index < -0.39 is 0 Å². The van der Waals surface area contributed by atoms with Gasteiger partial charge in [0, 0.05) is 5.92 Å². The maximum Gasteiger partial charge on any atom is 0.0901 e. The molecule has 0 N–H and O–H groups in total. The van der Waals surface area contributed by atoms with Gasteiger partial charge in [0.25, 0.3) is 0 Å². The molecule has 156 valence electrons. The molecule has 1 heteroatoms. The van der Waals surface area contributed by atoms with E-state index in [0.29, 0.717) is 11.5 Å². The molecule has 0 heterocycles. The average molecular weight is 421 g/mol. The van der Waals surface area contributed by atoms with Crippen molar-refractivity contribution >= 4 is 20.3 Å². The minimum Gasteiger partial charge on any atom is -0.0630 e. The van der Waals surface area contributed by atoms with E-state index in [4.69, 9.17) is 0 Å². The van der Waals surface area contributed by atoms with Crippen molar-refractivity contribution in [1.82, 2.24) is 0 Å². The predicted octanol–water partition coefficient (Wildman–Crippen LogP) is 7.12. The smallest absolute Gasteiger partial charge is 0.0630 e. The van der Waals surface area contributed by atoms with Crippen LogP contribution in [-0.4, -0.2) is 9.52 Å². The van der Waals surface area contributed by atoms with Gasteiger partial charge in [-0.1, -0.05) is 94.7 Å². The molecule has 0 aliphatic heterocycles. The number of allylic oxidation sites excluding steroid dienone is 4.